The first-order chi connectivity index (χ1) is 12.7. The monoisotopic (exact) mass is 352 g/mol. The van der Waals surface area contributed by atoms with Gasteiger partial charge in [-0.25, -0.2) is 0 Å². The van der Waals surface area contributed by atoms with E-state index in [9.17, 15) is 4.79 Å². The number of hydrogen-bond acceptors (Lipinski definition) is 4. The Morgan fingerprint density at radius 3 is 2.85 bits per heavy atom. The van der Waals surface area contributed by atoms with Gasteiger partial charge in [0.15, 0.2) is 0 Å². The molecule has 0 saturated carbocycles. The number of methoxy groups -OCH3 is 1. The maximum atomic E-state index is 13.2. The van der Waals surface area contributed by atoms with E-state index >= 15 is 0 Å². The van der Waals surface area contributed by atoms with E-state index in [1.165, 1.54) is 0 Å². The number of rotatable bonds is 4. The summed E-state index contributed by atoms with van der Waals surface area (Å²) >= 11 is 0. The number of carbonyl (C=O) groups excluding carboxylic acids is 1. The van der Waals surface area contributed by atoms with Gasteiger partial charge in [-0.2, -0.15) is 0 Å². The van der Waals surface area contributed by atoms with Crippen LogP contribution >= 0.6 is 0 Å². The topological polar surface area (TPSA) is 50.8 Å². The van der Waals surface area contributed by atoms with Crippen LogP contribution in [0.5, 0.6) is 5.75 Å². The van der Waals surface area contributed by atoms with Gasteiger partial charge in [0.25, 0.3) is 5.91 Å². The molecule has 1 amide bonds. The maximum absolute atomic E-state index is 13.2. The van der Waals surface area contributed by atoms with Gasteiger partial charge < -0.3 is 19.7 Å². The van der Waals surface area contributed by atoms with E-state index in [2.05, 4.69) is 11.4 Å². The zero-order valence-corrected chi connectivity index (χ0v) is 15.2. The first-order valence-corrected chi connectivity index (χ1v) is 9.10. The van der Waals surface area contributed by atoms with Gasteiger partial charge in [-0.3, -0.25) is 4.79 Å². The number of ether oxygens (including phenoxy) is 2. The minimum absolute atomic E-state index is 0.0494. The average molecular weight is 352 g/mol. The van der Waals surface area contributed by atoms with Crippen LogP contribution in [-0.4, -0.2) is 37.2 Å². The van der Waals surface area contributed by atoms with Crippen molar-refractivity contribution in [3.05, 3.63) is 59.2 Å². The van der Waals surface area contributed by atoms with Gasteiger partial charge in [0.2, 0.25) is 0 Å². The summed E-state index contributed by atoms with van der Waals surface area (Å²) in [6, 6.07) is 13.8. The molecule has 0 aliphatic carbocycles. The molecule has 26 heavy (non-hydrogen) atoms. The molecular weight excluding hydrogens is 328 g/mol. The maximum Gasteiger partial charge on any atom is 0.257 e. The van der Waals surface area contributed by atoms with Crippen LogP contribution in [0.25, 0.3) is 0 Å². The second kappa shape index (κ2) is 7.00. The summed E-state index contributed by atoms with van der Waals surface area (Å²) in [7, 11) is 1.67. The van der Waals surface area contributed by atoms with Crippen molar-refractivity contribution in [1.82, 2.24) is 4.90 Å². The zero-order valence-electron chi connectivity index (χ0n) is 15.2. The molecule has 4 rings (SSSR count). The van der Waals surface area contributed by atoms with E-state index < -0.39 is 0 Å². The zero-order chi connectivity index (χ0) is 18.1. The molecule has 0 unspecified atom stereocenters. The molecule has 2 aliphatic rings. The van der Waals surface area contributed by atoms with Gasteiger partial charge >= 0.3 is 0 Å². The molecule has 1 saturated heterocycles. The second-order valence-electron chi connectivity index (χ2n) is 6.91. The van der Waals surface area contributed by atoms with Gasteiger partial charge in [-0.05, 0) is 55.2 Å². The SMILES string of the molecule is COc1ccc([C@H]2Nc3ccccc3C(=O)N2C[C@@H]2CCCO2)cc1C. The van der Waals surface area contributed by atoms with E-state index in [0.717, 1.165) is 42.0 Å². The molecular formula is C21H24N2O3. The summed E-state index contributed by atoms with van der Waals surface area (Å²) < 4.78 is 11.2. The molecule has 0 spiro atoms. The fraction of sp³-hybridized carbons (Fsp3) is 0.381. The number of hydrogen-bond donors (Lipinski definition) is 1. The molecule has 5 heteroatoms. The smallest absolute Gasteiger partial charge is 0.257 e. The molecule has 136 valence electrons. The Balaban J connectivity index is 1.71. The lowest BCUT2D eigenvalue weighted by atomic mass is 10.0. The van der Waals surface area contributed by atoms with Crippen molar-refractivity contribution in [2.24, 2.45) is 0 Å². The number of anilines is 1. The van der Waals surface area contributed by atoms with Crippen molar-refractivity contribution in [2.45, 2.75) is 32.0 Å². The van der Waals surface area contributed by atoms with Crippen molar-refractivity contribution in [3.63, 3.8) is 0 Å². The molecule has 2 aromatic carbocycles. The molecule has 0 bridgehead atoms. The van der Waals surface area contributed by atoms with Crippen molar-refractivity contribution in [2.75, 3.05) is 25.6 Å². The summed E-state index contributed by atoms with van der Waals surface area (Å²) in [5.41, 5.74) is 3.69. The van der Waals surface area contributed by atoms with Crippen LogP contribution in [0.1, 0.15) is 40.5 Å². The number of nitrogens with one attached hydrogen (secondary N) is 1. The lowest BCUT2D eigenvalue weighted by molar-refractivity contribution is 0.0427. The van der Waals surface area contributed by atoms with Crippen molar-refractivity contribution >= 4 is 11.6 Å². The van der Waals surface area contributed by atoms with Gasteiger partial charge in [0.05, 0.1) is 18.8 Å². The lowest BCUT2D eigenvalue weighted by Gasteiger charge is -2.39. The van der Waals surface area contributed by atoms with Gasteiger partial charge in [-0.1, -0.05) is 18.2 Å². The molecule has 1 fully saturated rings. The van der Waals surface area contributed by atoms with Crippen molar-refractivity contribution < 1.29 is 14.3 Å². The van der Waals surface area contributed by atoms with Gasteiger partial charge in [-0.15, -0.1) is 0 Å². The Morgan fingerprint density at radius 2 is 2.12 bits per heavy atom. The summed E-state index contributed by atoms with van der Waals surface area (Å²) in [4.78, 5) is 15.1. The van der Waals surface area contributed by atoms with Crippen LogP contribution < -0.4 is 10.1 Å². The minimum Gasteiger partial charge on any atom is -0.496 e. The van der Waals surface area contributed by atoms with Gasteiger partial charge in [0.1, 0.15) is 11.9 Å². The number of carbonyl (C=O) groups is 1. The summed E-state index contributed by atoms with van der Waals surface area (Å²) in [6.07, 6.45) is 1.95. The Hall–Kier alpha value is -2.53. The number of benzene rings is 2. The Morgan fingerprint density at radius 1 is 1.27 bits per heavy atom. The van der Waals surface area contributed by atoms with Crippen molar-refractivity contribution in [3.8, 4) is 5.75 Å². The Bertz CT molecular complexity index is 815. The second-order valence-corrected chi connectivity index (χ2v) is 6.91. The first kappa shape index (κ1) is 16.9. The van der Waals surface area contributed by atoms with E-state index in [-0.39, 0.29) is 18.2 Å². The van der Waals surface area contributed by atoms with Crippen molar-refractivity contribution in [1.29, 1.82) is 0 Å². The highest BCUT2D eigenvalue weighted by Gasteiger charge is 2.35. The van der Waals surface area contributed by atoms with E-state index in [1.807, 2.05) is 48.2 Å². The quantitative estimate of drug-likeness (QED) is 0.910. The Labute approximate surface area is 153 Å². The minimum atomic E-state index is -0.216. The third-order valence-corrected chi connectivity index (χ3v) is 5.18. The predicted octanol–water partition coefficient (Wildman–Crippen LogP) is 3.75. The molecule has 0 aromatic heterocycles. The summed E-state index contributed by atoms with van der Waals surface area (Å²) in [5.74, 6) is 0.898. The van der Waals surface area contributed by atoms with Crippen LogP contribution in [0.15, 0.2) is 42.5 Å². The highest BCUT2D eigenvalue weighted by molar-refractivity contribution is 6.01. The van der Waals surface area contributed by atoms with E-state index in [1.54, 1.807) is 7.11 Å². The normalized spacial score (nSPS) is 22.1. The van der Waals surface area contributed by atoms with Crippen LogP contribution in [0.4, 0.5) is 5.69 Å². The third-order valence-electron chi connectivity index (χ3n) is 5.18. The highest BCUT2D eigenvalue weighted by Crippen LogP contribution is 2.35. The third kappa shape index (κ3) is 3.03. The van der Waals surface area contributed by atoms with E-state index in [4.69, 9.17) is 9.47 Å². The predicted molar refractivity (Wildman–Crippen MR) is 101 cm³/mol. The molecule has 2 aromatic rings. The van der Waals surface area contributed by atoms with Gasteiger partial charge in [0, 0.05) is 18.8 Å². The number of amides is 1. The summed E-state index contributed by atoms with van der Waals surface area (Å²) in [5, 5.41) is 3.54. The Kier molecular flexibility index (Phi) is 4.55. The summed E-state index contributed by atoms with van der Waals surface area (Å²) in [6.45, 7) is 3.39. The molecule has 5 nitrogen and oxygen atoms in total. The standard InChI is InChI=1S/C21H24N2O3/c1-14-12-15(9-10-19(14)25-2)20-22-18-8-4-3-7-17(18)21(24)23(20)13-16-6-5-11-26-16/h3-4,7-10,12,16,20,22H,5-6,11,13H2,1-2H3/t16-,20-/m0/s1. The molecule has 2 atom stereocenters. The molecule has 0 radical (unpaired) electrons. The molecule has 2 heterocycles. The first-order valence-electron chi connectivity index (χ1n) is 9.10. The van der Waals surface area contributed by atoms with Crippen LogP contribution in [0.2, 0.25) is 0 Å². The fourth-order valence-electron chi connectivity index (χ4n) is 3.82. The van der Waals surface area contributed by atoms with Crippen LogP contribution in [0.3, 0.4) is 0 Å². The van der Waals surface area contributed by atoms with E-state index in [0.29, 0.717) is 12.1 Å². The average Bonchev–Trinajstić information content (AvgIpc) is 3.17. The largest absolute Gasteiger partial charge is 0.496 e. The fourth-order valence-corrected chi connectivity index (χ4v) is 3.82. The van der Waals surface area contributed by atoms with Crippen LogP contribution in [-0.2, 0) is 4.74 Å². The number of nitrogens with zero attached hydrogens (tertiary/aromatic N) is 1. The number of fused-ring (bicyclic) bond motifs is 1. The number of para-hydroxylation sites is 1. The highest BCUT2D eigenvalue weighted by atomic mass is 16.5. The lowest BCUT2D eigenvalue weighted by Crippen LogP contribution is -2.46. The molecule has 1 N–H and O–H groups in total. The van der Waals surface area contributed by atoms with Crippen LogP contribution in [0, 0.1) is 6.92 Å². The molecule has 2 aliphatic heterocycles. The number of aryl methyl sites for hydroxylation is 1.